The van der Waals surface area contributed by atoms with Gasteiger partial charge in [-0.15, -0.1) is 0 Å². The van der Waals surface area contributed by atoms with Crippen molar-refractivity contribution in [2.75, 3.05) is 20.1 Å². The zero-order valence-corrected chi connectivity index (χ0v) is 18.6. The fourth-order valence-electron chi connectivity index (χ4n) is 3.44. The minimum Gasteiger partial charge on any atom is -0.444 e. The summed E-state index contributed by atoms with van der Waals surface area (Å²) in [6.07, 6.45) is 6.60. The van der Waals surface area contributed by atoms with Gasteiger partial charge in [-0.2, -0.15) is 0 Å². The molecule has 0 radical (unpaired) electrons. The summed E-state index contributed by atoms with van der Waals surface area (Å²) in [5, 5.41) is 2.52. The van der Waals surface area contributed by atoms with Crippen LogP contribution in [-0.2, 0) is 9.53 Å². The van der Waals surface area contributed by atoms with Crippen LogP contribution < -0.4 is 5.32 Å². The van der Waals surface area contributed by atoms with Crippen molar-refractivity contribution in [3.05, 3.63) is 76.9 Å². The summed E-state index contributed by atoms with van der Waals surface area (Å²) < 4.78 is 5.17. The number of carbonyl (C=O) groups is 2. The third-order valence-electron chi connectivity index (χ3n) is 4.97. The Kier molecular flexibility index (Phi) is 6.95. The molecule has 0 bridgehead atoms. The summed E-state index contributed by atoms with van der Waals surface area (Å²) >= 11 is 0. The van der Waals surface area contributed by atoms with Crippen LogP contribution in [0.2, 0.25) is 0 Å². The third-order valence-corrected chi connectivity index (χ3v) is 4.97. The van der Waals surface area contributed by atoms with Crippen molar-refractivity contribution >= 4 is 29.7 Å². The van der Waals surface area contributed by atoms with Crippen LogP contribution in [0, 0.1) is 0 Å². The third kappa shape index (κ3) is 6.07. The summed E-state index contributed by atoms with van der Waals surface area (Å²) in [5.74, 6) is -0.160. The molecule has 2 amide bonds. The zero-order chi connectivity index (χ0) is 22.4. The Balaban J connectivity index is 1.66. The molecule has 5 heteroatoms. The van der Waals surface area contributed by atoms with Gasteiger partial charge in [0.15, 0.2) is 0 Å². The number of nitrogens with one attached hydrogen (secondary N) is 1. The molecule has 1 aliphatic carbocycles. The summed E-state index contributed by atoms with van der Waals surface area (Å²) in [7, 11) is 1.74. The van der Waals surface area contributed by atoms with Crippen molar-refractivity contribution in [2.24, 2.45) is 0 Å². The molecule has 3 rings (SSSR count). The lowest BCUT2D eigenvalue weighted by molar-refractivity contribution is -0.128. The number of ether oxygens (including phenoxy) is 1. The van der Waals surface area contributed by atoms with E-state index in [0.717, 1.165) is 0 Å². The van der Waals surface area contributed by atoms with Gasteiger partial charge in [0, 0.05) is 13.6 Å². The van der Waals surface area contributed by atoms with E-state index in [9.17, 15) is 9.59 Å². The van der Waals surface area contributed by atoms with E-state index >= 15 is 0 Å². The highest BCUT2D eigenvalue weighted by atomic mass is 16.6. The highest BCUT2D eigenvalue weighted by Gasteiger charge is 2.18. The SMILES string of the molecule is CN(CCC=C1c2ccccc2C=Cc2ccccc21)C(=O)CNC(=O)OC(C)(C)C. The Morgan fingerprint density at radius 1 is 0.968 bits per heavy atom. The quantitative estimate of drug-likeness (QED) is 0.636. The molecule has 0 aliphatic heterocycles. The first-order valence-corrected chi connectivity index (χ1v) is 10.5. The van der Waals surface area contributed by atoms with Gasteiger partial charge < -0.3 is 15.0 Å². The number of nitrogens with zero attached hydrogens (tertiary/aromatic N) is 1. The number of carbonyl (C=O) groups excluding carboxylic acids is 2. The summed E-state index contributed by atoms with van der Waals surface area (Å²) in [6, 6.07) is 16.7. The number of rotatable bonds is 5. The Morgan fingerprint density at radius 2 is 1.52 bits per heavy atom. The highest BCUT2D eigenvalue weighted by molar-refractivity contribution is 5.93. The highest BCUT2D eigenvalue weighted by Crippen LogP contribution is 2.33. The lowest BCUT2D eigenvalue weighted by Crippen LogP contribution is -2.40. The van der Waals surface area contributed by atoms with Gasteiger partial charge >= 0.3 is 6.09 Å². The molecule has 0 aromatic heterocycles. The predicted octanol–water partition coefficient (Wildman–Crippen LogP) is 4.98. The van der Waals surface area contributed by atoms with Crippen molar-refractivity contribution in [3.63, 3.8) is 0 Å². The molecule has 1 N–H and O–H groups in total. The second kappa shape index (κ2) is 9.65. The number of benzene rings is 2. The predicted molar refractivity (Wildman–Crippen MR) is 125 cm³/mol. The summed E-state index contributed by atoms with van der Waals surface area (Å²) in [4.78, 5) is 25.8. The first-order chi connectivity index (χ1) is 14.7. The molecule has 0 spiro atoms. The number of amides is 2. The maximum absolute atomic E-state index is 12.4. The van der Waals surface area contributed by atoms with E-state index < -0.39 is 11.7 Å². The van der Waals surface area contributed by atoms with Gasteiger partial charge in [-0.3, -0.25) is 4.79 Å². The van der Waals surface area contributed by atoms with Gasteiger partial charge in [0.2, 0.25) is 5.91 Å². The summed E-state index contributed by atoms with van der Waals surface area (Å²) in [5.41, 5.74) is 5.30. The van der Waals surface area contributed by atoms with Crippen LogP contribution in [-0.4, -0.2) is 42.6 Å². The minimum atomic E-state index is -0.592. The second-order valence-electron chi connectivity index (χ2n) is 8.59. The van der Waals surface area contributed by atoms with Gasteiger partial charge in [-0.05, 0) is 55.0 Å². The van der Waals surface area contributed by atoms with Gasteiger partial charge in [-0.1, -0.05) is 66.8 Å². The summed E-state index contributed by atoms with van der Waals surface area (Å²) in [6.45, 7) is 5.82. The normalized spacial score (nSPS) is 12.3. The average molecular weight is 419 g/mol. The van der Waals surface area contributed by atoms with Gasteiger partial charge in [0.25, 0.3) is 0 Å². The molecule has 2 aromatic rings. The second-order valence-corrected chi connectivity index (χ2v) is 8.59. The molecule has 0 fully saturated rings. The van der Waals surface area contributed by atoms with Crippen LogP contribution in [0.15, 0.2) is 54.6 Å². The molecule has 2 aromatic carbocycles. The van der Waals surface area contributed by atoms with Crippen molar-refractivity contribution in [1.82, 2.24) is 10.2 Å². The van der Waals surface area contributed by atoms with E-state index in [0.29, 0.717) is 13.0 Å². The Labute approximate surface area is 184 Å². The standard InChI is InChI=1S/C26H30N2O3/c1-26(2,3)31-25(30)27-18-24(29)28(4)17-9-14-23-21-12-7-5-10-19(21)15-16-20-11-6-8-13-22(20)23/h5-8,10-16H,9,17-18H2,1-4H3,(H,27,30). The van der Waals surface area contributed by atoms with E-state index in [1.165, 1.54) is 27.8 Å². The number of fused-ring (bicyclic) bond motifs is 2. The van der Waals surface area contributed by atoms with E-state index in [2.05, 4.69) is 47.8 Å². The molecule has 0 saturated heterocycles. The van der Waals surface area contributed by atoms with Crippen LogP contribution in [0.3, 0.4) is 0 Å². The van der Waals surface area contributed by atoms with E-state index in [1.54, 1.807) is 32.7 Å². The molecule has 0 atom stereocenters. The molecule has 0 saturated carbocycles. The molecule has 0 heterocycles. The van der Waals surface area contributed by atoms with Gasteiger partial charge in [0.1, 0.15) is 12.1 Å². The average Bonchev–Trinajstić information content (AvgIpc) is 2.88. The molecular weight excluding hydrogens is 388 g/mol. The molecule has 31 heavy (non-hydrogen) atoms. The van der Waals surface area contributed by atoms with Crippen molar-refractivity contribution in [3.8, 4) is 0 Å². The number of hydrogen-bond donors (Lipinski definition) is 1. The fourth-order valence-corrected chi connectivity index (χ4v) is 3.44. The van der Waals surface area contributed by atoms with E-state index in [1.807, 2.05) is 24.3 Å². The van der Waals surface area contributed by atoms with E-state index in [-0.39, 0.29) is 12.5 Å². The van der Waals surface area contributed by atoms with Gasteiger partial charge in [-0.25, -0.2) is 4.79 Å². The largest absolute Gasteiger partial charge is 0.444 e. The smallest absolute Gasteiger partial charge is 0.408 e. The van der Waals surface area contributed by atoms with Crippen LogP contribution in [0.1, 0.15) is 49.4 Å². The molecular formula is C26H30N2O3. The molecule has 162 valence electrons. The van der Waals surface area contributed by atoms with Crippen LogP contribution in [0.25, 0.3) is 17.7 Å². The zero-order valence-electron chi connectivity index (χ0n) is 18.6. The molecule has 5 nitrogen and oxygen atoms in total. The molecule has 1 aliphatic rings. The van der Waals surface area contributed by atoms with Gasteiger partial charge in [0.05, 0.1) is 0 Å². The van der Waals surface area contributed by atoms with Crippen LogP contribution >= 0.6 is 0 Å². The monoisotopic (exact) mass is 418 g/mol. The lowest BCUT2D eigenvalue weighted by Gasteiger charge is -2.21. The number of likely N-dealkylation sites (N-methyl/N-ethyl adjacent to an activating group) is 1. The van der Waals surface area contributed by atoms with Crippen molar-refractivity contribution in [2.45, 2.75) is 32.8 Å². The maximum atomic E-state index is 12.4. The first kappa shape index (κ1) is 22.3. The molecule has 0 unspecified atom stereocenters. The first-order valence-electron chi connectivity index (χ1n) is 10.5. The number of hydrogen-bond acceptors (Lipinski definition) is 3. The van der Waals surface area contributed by atoms with Crippen LogP contribution in [0.5, 0.6) is 0 Å². The van der Waals surface area contributed by atoms with Crippen LogP contribution in [0.4, 0.5) is 4.79 Å². The Hall–Kier alpha value is -3.34. The fraction of sp³-hybridized carbons (Fsp3) is 0.308. The number of alkyl carbamates (subject to hydrolysis) is 1. The lowest BCUT2D eigenvalue weighted by atomic mass is 9.93. The van der Waals surface area contributed by atoms with E-state index in [4.69, 9.17) is 4.74 Å². The Morgan fingerprint density at radius 3 is 2.06 bits per heavy atom. The topological polar surface area (TPSA) is 58.6 Å². The van der Waals surface area contributed by atoms with Crippen molar-refractivity contribution < 1.29 is 14.3 Å². The minimum absolute atomic E-state index is 0.0857. The maximum Gasteiger partial charge on any atom is 0.408 e. The van der Waals surface area contributed by atoms with Crippen molar-refractivity contribution in [1.29, 1.82) is 0 Å². The Bertz CT molecular complexity index is 964.